The third-order valence-corrected chi connectivity index (χ3v) is 5.49. The Morgan fingerprint density at radius 1 is 1.41 bits per heavy atom. The second-order valence-electron chi connectivity index (χ2n) is 7.29. The summed E-state index contributed by atoms with van der Waals surface area (Å²) in [4.78, 5) is 18.4. The predicted octanol–water partition coefficient (Wildman–Crippen LogP) is 2.63. The molecule has 1 atom stereocenters. The van der Waals surface area contributed by atoms with Gasteiger partial charge in [-0.1, -0.05) is 13.0 Å². The van der Waals surface area contributed by atoms with Gasteiger partial charge >= 0.3 is 5.97 Å². The molecule has 0 saturated carbocycles. The van der Waals surface area contributed by atoms with Crippen molar-refractivity contribution in [2.24, 2.45) is 0 Å². The minimum Gasteiger partial charge on any atom is -0.476 e. The van der Waals surface area contributed by atoms with Crippen LogP contribution < -0.4 is 0 Å². The van der Waals surface area contributed by atoms with Crippen LogP contribution in [-0.2, 0) is 25.9 Å². The van der Waals surface area contributed by atoms with Gasteiger partial charge in [0.15, 0.2) is 5.69 Å². The maximum Gasteiger partial charge on any atom is 0.356 e. The number of fused-ring (bicyclic) bond motifs is 2. The van der Waals surface area contributed by atoms with Gasteiger partial charge in [-0.2, -0.15) is 5.10 Å². The van der Waals surface area contributed by atoms with Crippen molar-refractivity contribution >= 4 is 11.6 Å². The van der Waals surface area contributed by atoms with Gasteiger partial charge in [0.25, 0.3) is 0 Å². The van der Waals surface area contributed by atoms with Gasteiger partial charge in [0.05, 0.1) is 11.9 Å². The van der Waals surface area contributed by atoms with E-state index in [0.717, 1.165) is 61.4 Å². The molecule has 0 saturated heterocycles. The molecule has 3 aromatic rings. The molecule has 0 radical (unpaired) electrons. The van der Waals surface area contributed by atoms with E-state index in [9.17, 15) is 9.90 Å². The molecule has 0 aromatic carbocycles. The number of imidazole rings is 1. The molecular weight excluding hydrogens is 342 g/mol. The van der Waals surface area contributed by atoms with Crippen LogP contribution in [0, 0.1) is 0 Å². The smallest absolute Gasteiger partial charge is 0.356 e. The van der Waals surface area contributed by atoms with E-state index in [4.69, 9.17) is 0 Å². The zero-order valence-corrected chi connectivity index (χ0v) is 15.8. The lowest BCUT2D eigenvalue weighted by Gasteiger charge is -2.31. The van der Waals surface area contributed by atoms with Gasteiger partial charge in [0.2, 0.25) is 0 Å². The van der Waals surface area contributed by atoms with E-state index in [0.29, 0.717) is 6.04 Å². The lowest BCUT2D eigenvalue weighted by molar-refractivity contribution is 0.0687. The van der Waals surface area contributed by atoms with Gasteiger partial charge in [0, 0.05) is 36.6 Å². The standard InChI is InChI=1S/C20H25N5O2/c1-3-9-25-17-8-7-14(11-16(17)19(22-25)20(26)27)23(2)13-15-12-21-18-6-4-5-10-24(15)18/h4-6,10,12,14H,3,7-9,11,13H2,1-2H3,(H,26,27)/t14-/m1/s1. The summed E-state index contributed by atoms with van der Waals surface area (Å²) in [6.07, 6.45) is 7.51. The molecule has 142 valence electrons. The fourth-order valence-electron chi connectivity index (χ4n) is 4.10. The topological polar surface area (TPSA) is 75.7 Å². The van der Waals surface area contributed by atoms with Crippen LogP contribution in [-0.4, -0.2) is 48.2 Å². The fourth-order valence-corrected chi connectivity index (χ4v) is 4.10. The first-order valence-corrected chi connectivity index (χ1v) is 9.51. The molecule has 1 aliphatic carbocycles. The number of aromatic carboxylic acids is 1. The van der Waals surface area contributed by atoms with Gasteiger partial charge in [0.1, 0.15) is 5.65 Å². The van der Waals surface area contributed by atoms with E-state index < -0.39 is 5.97 Å². The van der Waals surface area contributed by atoms with Gasteiger partial charge in [-0.25, -0.2) is 9.78 Å². The molecule has 1 N–H and O–H groups in total. The first kappa shape index (κ1) is 17.7. The minimum atomic E-state index is -0.925. The molecule has 0 aliphatic heterocycles. The number of aryl methyl sites for hydroxylation is 1. The number of hydrogen-bond donors (Lipinski definition) is 1. The van der Waals surface area contributed by atoms with Crippen LogP contribution in [0.15, 0.2) is 30.6 Å². The molecule has 0 amide bonds. The van der Waals surface area contributed by atoms with Crippen LogP contribution >= 0.6 is 0 Å². The molecule has 0 spiro atoms. The van der Waals surface area contributed by atoms with Crippen LogP contribution in [0.3, 0.4) is 0 Å². The van der Waals surface area contributed by atoms with Gasteiger partial charge in [-0.05, 0) is 44.9 Å². The maximum atomic E-state index is 11.7. The molecule has 7 nitrogen and oxygen atoms in total. The van der Waals surface area contributed by atoms with E-state index in [2.05, 4.69) is 33.4 Å². The summed E-state index contributed by atoms with van der Waals surface area (Å²) in [6.45, 7) is 3.64. The zero-order valence-electron chi connectivity index (χ0n) is 15.8. The molecule has 3 aromatic heterocycles. The largest absolute Gasteiger partial charge is 0.476 e. The number of carboxylic acids is 1. The maximum absolute atomic E-state index is 11.7. The van der Waals surface area contributed by atoms with E-state index in [1.807, 2.05) is 35.3 Å². The summed E-state index contributed by atoms with van der Waals surface area (Å²) >= 11 is 0. The van der Waals surface area contributed by atoms with Crippen molar-refractivity contribution in [2.75, 3.05) is 7.05 Å². The predicted molar refractivity (Wildman–Crippen MR) is 102 cm³/mol. The van der Waals surface area contributed by atoms with Crippen LogP contribution in [0.1, 0.15) is 47.2 Å². The highest BCUT2D eigenvalue weighted by atomic mass is 16.4. The fraction of sp³-hybridized carbons (Fsp3) is 0.450. The molecule has 0 bridgehead atoms. The molecule has 0 unspecified atom stereocenters. The minimum absolute atomic E-state index is 0.228. The van der Waals surface area contributed by atoms with Crippen molar-refractivity contribution in [1.29, 1.82) is 0 Å². The van der Waals surface area contributed by atoms with E-state index in [-0.39, 0.29) is 5.69 Å². The number of carbonyl (C=O) groups is 1. The van der Waals surface area contributed by atoms with Crippen LogP contribution in [0.25, 0.3) is 5.65 Å². The Morgan fingerprint density at radius 3 is 3.04 bits per heavy atom. The zero-order chi connectivity index (χ0) is 19.0. The van der Waals surface area contributed by atoms with E-state index in [1.165, 1.54) is 0 Å². The number of hydrogen-bond acceptors (Lipinski definition) is 4. The SMILES string of the molecule is CCCn1nc(C(=O)O)c2c1CC[C@@H](N(C)Cc1cnc3ccccn13)C2. The monoisotopic (exact) mass is 367 g/mol. The first-order valence-electron chi connectivity index (χ1n) is 9.51. The Labute approximate surface area is 158 Å². The average molecular weight is 367 g/mol. The Kier molecular flexibility index (Phi) is 4.70. The van der Waals surface area contributed by atoms with Gasteiger partial charge in [-0.3, -0.25) is 9.58 Å². The average Bonchev–Trinajstić information content (AvgIpc) is 3.24. The second-order valence-corrected chi connectivity index (χ2v) is 7.29. The van der Waals surface area contributed by atoms with E-state index in [1.54, 1.807) is 0 Å². The lowest BCUT2D eigenvalue weighted by Crippen LogP contribution is -2.36. The first-order chi connectivity index (χ1) is 13.1. The number of rotatable bonds is 6. The molecule has 1 aliphatic rings. The highest BCUT2D eigenvalue weighted by Crippen LogP contribution is 2.28. The summed E-state index contributed by atoms with van der Waals surface area (Å²) in [5.41, 5.74) is 4.33. The van der Waals surface area contributed by atoms with Crippen molar-refractivity contribution in [2.45, 2.75) is 51.7 Å². The highest BCUT2D eigenvalue weighted by molar-refractivity contribution is 5.87. The third kappa shape index (κ3) is 3.23. The normalized spacial score (nSPS) is 16.8. The Bertz CT molecular complexity index is 974. The number of aromatic nitrogens is 4. The molecular formula is C20H25N5O2. The molecule has 7 heteroatoms. The molecule has 3 heterocycles. The van der Waals surface area contributed by atoms with Crippen LogP contribution in [0.4, 0.5) is 0 Å². The summed E-state index contributed by atoms with van der Waals surface area (Å²) in [5, 5.41) is 13.9. The summed E-state index contributed by atoms with van der Waals surface area (Å²) in [5.74, 6) is -0.925. The van der Waals surface area contributed by atoms with Crippen molar-refractivity contribution in [3.05, 3.63) is 53.2 Å². The Morgan fingerprint density at radius 2 is 2.26 bits per heavy atom. The molecule has 27 heavy (non-hydrogen) atoms. The quantitative estimate of drug-likeness (QED) is 0.725. The number of pyridine rings is 1. The summed E-state index contributed by atoms with van der Waals surface area (Å²) < 4.78 is 4.01. The van der Waals surface area contributed by atoms with Crippen molar-refractivity contribution < 1.29 is 9.90 Å². The number of likely N-dealkylation sites (N-methyl/N-ethyl adjacent to an activating group) is 1. The van der Waals surface area contributed by atoms with Crippen molar-refractivity contribution in [1.82, 2.24) is 24.1 Å². The summed E-state index contributed by atoms with van der Waals surface area (Å²) in [7, 11) is 2.11. The van der Waals surface area contributed by atoms with Crippen LogP contribution in [0.5, 0.6) is 0 Å². The highest BCUT2D eigenvalue weighted by Gasteiger charge is 2.30. The Hall–Kier alpha value is -2.67. The van der Waals surface area contributed by atoms with E-state index >= 15 is 0 Å². The van der Waals surface area contributed by atoms with Crippen molar-refractivity contribution in [3.63, 3.8) is 0 Å². The van der Waals surface area contributed by atoms with Crippen LogP contribution in [0.2, 0.25) is 0 Å². The lowest BCUT2D eigenvalue weighted by atomic mass is 9.90. The molecule has 0 fully saturated rings. The van der Waals surface area contributed by atoms with Crippen molar-refractivity contribution in [3.8, 4) is 0 Å². The third-order valence-electron chi connectivity index (χ3n) is 5.49. The number of carboxylic acid groups (broad SMARTS) is 1. The second kappa shape index (κ2) is 7.15. The number of nitrogens with zero attached hydrogens (tertiary/aromatic N) is 5. The van der Waals surface area contributed by atoms with Gasteiger partial charge < -0.3 is 9.51 Å². The molecule has 4 rings (SSSR count). The summed E-state index contributed by atoms with van der Waals surface area (Å²) in [6, 6.07) is 6.29. The van der Waals surface area contributed by atoms with Gasteiger partial charge in [-0.15, -0.1) is 0 Å². The Balaban J connectivity index is 1.56.